The van der Waals surface area contributed by atoms with Gasteiger partial charge in [0.15, 0.2) is 11.4 Å². The first-order chi connectivity index (χ1) is 17.0. The third kappa shape index (κ3) is 4.00. The summed E-state index contributed by atoms with van der Waals surface area (Å²) in [6, 6.07) is 12.5. The maximum atomic E-state index is 12.9. The minimum Gasteiger partial charge on any atom is -0.494 e. The fourth-order valence-electron chi connectivity index (χ4n) is 3.62. The van der Waals surface area contributed by atoms with Gasteiger partial charge in [0.25, 0.3) is 5.56 Å². The Kier molecular flexibility index (Phi) is 5.30. The van der Waals surface area contributed by atoms with Crippen LogP contribution < -0.4 is 20.9 Å². The molecule has 0 aliphatic carbocycles. The van der Waals surface area contributed by atoms with Gasteiger partial charge in [0, 0.05) is 19.3 Å². The van der Waals surface area contributed by atoms with Crippen LogP contribution in [0.15, 0.2) is 47.4 Å². The van der Waals surface area contributed by atoms with Crippen molar-refractivity contribution >= 4 is 34.0 Å². The van der Waals surface area contributed by atoms with Crippen LogP contribution in [0, 0.1) is 11.3 Å². The average Bonchev–Trinajstić information content (AvgIpc) is 3.41. The number of aromatic amines is 1. The van der Waals surface area contributed by atoms with E-state index in [1.807, 2.05) is 24.3 Å². The summed E-state index contributed by atoms with van der Waals surface area (Å²) in [4.78, 5) is 22.9. The number of nitrogens with one attached hydrogen (secondary N) is 3. The van der Waals surface area contributed by atoms with E-state index < -0.39 is 0 Å². The van der Waals surface area contributed by atoms with E-state index in [1.165, 1.54) is 15.7 Å². The van der Waals surface area contributed by atoms with E-state index in [-0.39, 0.29) is 5.56 Å². The van der Waals surface area contributed by atoms with Crippen molar-refractivity contribution in [3.05, 3.63) is 58.5 Å². The largest absolute Gasteiger partial charge is 0.494 e. The molecule has 0 unspecified atom stereocenters. The lowest BCUT2D eigenvalue weighted by Crippen LogP contribution is -2.12. The number of anilines is 4. The number of nitrogens with zero attached hydrogens (tertiary/aromatic N) is 8. The number of tetrazole rings is 1. The molecule has 35 heavy (non-hydrogen) atoms. The Balaban J connectivity index is 1.59. The number of ether oxygens (including phenoxy) is 1. The Bertz CT molecular complexity index is 1640. The lowest BCUT2D eigenvalue weighted by molar-refractivity contribution is 0.418. The van der Waals surface area contributed by atoms with Crippen LogP contribution in [0.4, 0.5) is 23.0 Å². The lowest BCUT2D eigenvalue weighted by Gasteiger charge is -2.15. The highest BCUT2D eigenvalue weighted by molar-refractivity contribution is 5.94. The van der Waals surface area contributed by atoms with Crippen LogP contribution in [0.25, 0.3) is 22.4 Å². The van der Waals surface area contributed by atoms with Gasteiger partial charge in [0.1, 0.15) is 23.1 Å². The van der Waals surface area contributed by atoms with Gasteiger partial charge in [0.05, 0.1) is 36.7 Å². The van der Waals surface area contributed by atoms with Crippen molar-refractivity contribution in [2.45, 2.75) is 0 Å². The predicted molar refractivity (Wildman–Crippen MR) is 128 cm³/mol. The number of nitriles is 1. The smallest absolute Gasteiger partial charge is 0.277 e. The van der Waals surface area contributed by atoms with Gasteiger partial charge >= 0.3 is 0 Å². The van der Waals surface area contributed by atoms with Crippen molar-refractivity contribution in [2.24, 2.45) is 14.1 Å². The molecule has 5 rings (SSSR count). The van der Waals surface area contributed by atoms with Gasteiger partial charge in [-0.05, 0) is 29.5 Å². The van der Waals surface area contributed by atoms with Gasteiger partial charge in [-0.25, -0.2) is 9.97 Å². The van der Waals surface area contributed by atoms with Crippen molar-refractivity contribution in [1.82, 2.24) is 40.0 Å². The van der Waals surface area contributed by atoms with Crippen molar-refractivity contribution < 1.29 is 4.74 Å². The number of hydrogen-bond donors (Lipinski definition) is 3. The molecule has 4 aromatic heterocycles. The summed E-state index contributed by atoms with van der Waals surface area (Å²) >= 11 is 0. The molecule has 3 N–H and O–H groups in total. The quantitative estimate of drug-likeness (QED) is 0.336. The number of rotatable bonds is 6. The van der Waals surface area contributed by atoms with Crippen LogP contribution >= 0.6 is 0 Å². The van der Waals surface area contributed by atoms with E-state index in [2.05, 4.69) is 41.1 Å². The van der Waals surface area contributed by atoms with Crippen molar-refractivity contribution in [3.8, 4) is 23.2 Å². The van der Waals surface area contributed by atoms with Crippen LogP contribution in [-0.4, -0.2) is 47.1 Å². The highest BCUT2D eigenvalue weighted by atomic mass is 16.5. The molecular formula is C22H19N11O2. The minimum absolute atomic E-state index is 0.247. The molecule has 0 fully saturated rings. The number of benzene rings is 1. The van der Waals surface area contributed by atoms with E-state index in [0.717, 1.165) is 0 Å². The third-order valence-corrected chi connectivity index (χ3v) is 5.20. The summed E-state index contributed by atoms with van der Waals surface area (Å²) in [7, 11) is 4.84. The van der Waals surface area contributed by atoms with Gasteiger partial charge in [-0.2, -0.15) is 10.1 Å². The number of aryl methyl sites for hydroxylation is 2. The molecule has 0 atom stereocenters. The second-order valence-corrected chi connectivity index (χ2v) is 7.54. The van der Waals surface area contributed by atoms with Crippen LogP contribution in [-0.2, 0) is 14.1 Å². The van der Waals surface area contributed by atoms with Gasteiger partial charge in [-0.1, -0.05) is 6.07 Å². The number of methoxy groups -OCH3 is 1. The molecule has 0 saturated heterocycles. The summed E-state index contributed by atoms with van der Waals surface area (Å²) in [5, 5.41) is 30.9. The molecule has 13 heteroatoms. The zero-order chi connectivity index (χ0) is 24.5. The molecule has 0 saturated carbocycles. The van der Waals surface area contributed by atoms with E-state index in [0.29, 0.717) is 56.7 Å². The van der Waals surface area contributed by atoms with Crippen molar-refractivity contribution in [1.29, 1.82) is 5.26 Å². The Morgan fingerprint density at radius 3 is 2.66 bits per heavy atom. The molecule has 0 bridgehead atoms. The summed E-state index contributed by atoms with van der Waals surface area (Å²) < 4.78 is 7.02. The Morgan fingerprint density at radius 1 is 1.11 bits per heavy atom. The van der Waals surface area contributed by atoms with Crippen LogP contribution in [0.3, 0.4) is 0 Å². The fraction of sp³-hybridized carbons (Fsp3) is 0.136. The maximum Gasteiger partial charge on any atom is 0.277 e. The number of hydrogen-bond acceptors (Lipinski definition) is 10. The third-order valence-electron chi connectivity index (χ3n) is 5.20. The summed E-state index contributed by atoms with van der Waals surface area (Å²) in [5.41, 5.74) is 2.30. The Morgan fingerprint density at radius 2 is 1.97 bits per heavy atom. The van der Waals surface area contributed by atoms with Crippen molar-refractivity contribution in [3.63, 3.8) is 0 Å². The van der Waals surface area contributed by atoms with Gasteiger partial charge in [-0.3, -0.25) is 14.6 Å². The van der Waals surface area contributed by atoms with Crippen molar-refractivity contribution in [2.75, 3.05) is 17.7 Å². The number of para-hydroxylation sites is 1. The zero-order valence-electron chi connectivity index (χ0n) is 18.9. The number of H-pyrrole nitrogens is 1. The predicted octanol–water partition coefficient (Wildman–Crippen LogP) is 2.21. The van der Waals surface area contributed by atoms with E-state index in [1.54, 1.807) is 39.4 Å². The summed E-state index contributed by atoms with van der Waals surface area (Å²) in [6.45, 7) is 0. The van der Waals surface area contributed by atoms with E-state index in [9.17, 15) is 4.79 Å². The van der Waals surface area contributed by atoms with Gasteiger partial charge < -0.3 is 15.4 Å². The van der Waals surface area contributed by atoms with E-state index >= 15 is 0 Å². The summed E-state index contributed by atoms with van der Waals surface area (Å²) in [5.74, 6) is 1.82. The standard InChI is InChI=1S/C22H19N11O2/c1-32-22(34)18-15(9-17(27-21(18)29-32)26-16-8-7-12(10-23)11-24-16)25-14-6-4-5-13(19(14)35-3)20-28-31-33(2)30-20/h4-9,11H,1-3H3,(H3,24,25,26,27,29). The zero-order valence-corrected chi connectivity index (χ0v) is 18.9. The van der Waals surface area contributed by atoms with Crippen LogP contribution in [0.1, 0.15) is 5.56 Å². The maximum absolute atomic E-state index is 12.9. The molecule has 174 valence electrons. The molecule has 0 radical (unpaired) electrons. The molecule has 4 heterocycles. The first-order valence-corrected chi connectivity index (χ1v) is 10.4. The summed E-state index contributed by atoms with van der Waals surface area (Å²) in [6.07, 6.45) is 1.46. The van der Waals surface area contributed by atoms with E-state index in [4.69, 9.17) is 10.00 Å². The molecule has 0 aliphatic rings. The van der Waals surface area contributed by atoms with Crippen LogP contribution in [0.5, 0.6) is 5.75 Å². The number of fused-ring (bicyclic) bond motifs is 1. The second kappa shape index (κ2) is 8.60. The lowest BCUT2D eigenvalue weighted by atomic mass is 10.1. The molecule has 0 aliphatic heterocycles. The fourth-order valence-corrected chi connectivity index (χ4v) is 3.62. The Labute approximate surface area is 198 Å². The molecular weight excluding hydrogens is 450 g/mol. The minimum atomic E-state index is -0.247. The molecule has 1 aromatic carbocycles. The van der Waals surface area contributed by atoms with Gasteiger partial charge in [-0.15, -0.1) is 10.2 Å². The molecule has 0 spiro atoms. The first-order valence-electron chi connectivity index (χ1n) is 10.4. The average molecular weight is 469 g/mol. The number of pyridine rings is 2. The second-order valence-electron chi connectivity index (χ2n) is 7.54. The monoisotopic (exact) mass is 469 g/mol. The topological polar surface area (TPSA) is 164 Å². The number of aromatic nitrogens is 8. The first kappa shape index (κ1) is 21.6. The molecule has 0 amide bonds. The Hall–Kier alpha value is -5.25. The normalized spacial score (nSPS) is 10.8. The SMILES string of the molecule is COc1c(Nc2cc(Nc3ccc(C#N)cn3)nc3[nH]n(C)c(=O)c23)cccc1-c1nnn(C)n1. The van der Waals surface area contributed by atoms with Crippen LogP contribution in [0.2, 0.25) is 0 Å². The molecule has 5 aromatic rings. The van der Waals surface area contributed by atoms with Gasteiger partial charge in [0.2, 0.25) is 5.82 Å². The highest BCUT2D eigenvalue weighted by Gasteiger charge is 2.18. The highest BCUT2D eigenvalue weighted by Crippen LogP contribution is 2.37. The molecule has 13 nitrogen and oxygen atoms in total.